The second kappa shape index (κ2) is 7.44. The number of likely N-dealkylation sites (tertiary alicyclic amines) is 1. The number of rotatable bonds is 3. The topological polar surface area (TPSA) is 29.3 Å². The highest BCUT2D eigenvalue weighted by Gasteiger charge is 2.23. The lowest BCUT2D eigenvalue weighted by molar-refractivity contribution is 0.153. The highest BCUT2D eigenvalue weighted by molar-refractivity contribution is 6.30. The van der Waals surface area contributed by atoms with Crippen molar-refractivity contribution in [2.75, 3.05) is 13.1 Å². The molecular weight excluding hydrogens is 286 g/mol. The lowest BCUT2D eigenvalue weighted by Gasteiger charge is -2.34. The SMILES string of the molecule is CC(N)C1CCCN(Cc2cccc(Cl)c2F)C1.Cl. The van der Waals surface area contributed by atoms with Gasteiger partial charge in [-0.3, -0.25) is 4.90 Å². The van der Waals surface area contributed by atoms with Crippen LogP contribution in [0, 0.1) is 11.7 Å². The van der Waals surface area contributed by atoms with E-state index in [-0.39, 0.29) is 29.3 Å². The molecule has 2 rings (SSSR count). The van der Waals surface area contributed by atoms with Crippen LogP contribution in [0.1, 0.15) is 25.3 Å². The van der Waals surface area contributed by atoms with Crippen molar-refractivity contribution in [1.29, 1.82) is 0 Å². The molecule has 1 heterocycles. The summed E-state index contributed by atoms with van der Waals surface area (Å²) in [4.78, 5) is 2.27. The zero-order valence-electron chi connectivity index (χ0n) is 11.1. The molecule has 108 valence electrons. The maximum absolute atomic E-state index is 13.8. The van der Waals surface area contributed by atoms with Gasteiger partial charge in [0.15, 0.2) is 0 Å². The van der Waals surface area contributed by atoms with E-state index in [2.05, 4.69) is 4.90 Å². The van der Waals surface area contributed by atoms with Gasteiger partial charge in [-0.05, 0) is 38.3 Å². The molecule has 1 fully saturated rings. The Balaban J connectivity index is 0.00000180. The summed E-state index contributed by atoms with van der Waals surface area (Å²) < 4.78 is 13.8. The van der Waals surface area contributed by atoms with Crippen molar-refractivity contribution < 1.29 is 4.39 Å². The molecule has 1 aromatic rings. The number of piperidine rings is 1. The van der Waals surface area contributed by atoms with E-state index in [1.807, 2.05) is 6.92 Å². The van der Waals surface area contributed by atoms with Crippen molar-refractivity contribution in [2.45, 2.75) is 32.4 Å². The van der Waals surface area contributed by atoms with Crippen LogP contribution < -0.4 is 5.73 Å². The highest BCUT2D eigenvalue weighted by Crippen LogP contribution is 2.23. The van der Waals surface area contributed by atoms with Gasteiger partial charge in [-0.15, -0.1) is 12.4 Å². The zero-order valence-corrected chi connectivity index (χ0v) is 12.7. The first-order valence-electron chi connectivity index (χ1n) is 6.48. The Bertz CT molecular complexity index is 412. The molecule has 2 N–H and O–H groups in total. The molecular formula is C14H21Cl2FN2. The van der Waals surface area contributed by atoms with Crippen LogP contribution in [0.3, 0.4) is 0 Å². The second-order valence-corrected chi connectivity index (χ2v) is 5.62. The van der Waals surface area contributed by atoms with E-state index in [9.17, 15) is 4.39 Å². The molecule has 0 amide bonds. The third kappa shape index (κ3) is 4.32. The summed E-state index contributed by atoms with van der Waals surface area (Å²) in [6.45, 7) is 4.63. The first-order valence-corrected chi connectivity index (χ1v) is 6.86. The van der Waals surface area contributed by atoms with E-state index in [0.29, 0.717) is 18.0 Å². The number of hydrogen-bond acceptors (Lipinski definition) is 2. The number of halogens is 3. The molecule has 1 aromatic carbocycles. The molecule has 5 heteroatoms. The van der Waals surface area contributed by atoms with E-state index in [1.54, 1.807) is 18.2 Å². The molecule has 0 spiro atoms. The maximum atomic E-state index is 13.8. The molecule has 2 unspecified atom stereocenters. The van der Waals surface area contributed by atoms with Crippen molar-refractivity contribution in [3.05, 3.63) is 34.6 Å². The predicted octanol–water partition coefficient (Wildman–Crippen LogP) is 3.46. The summed E-state index contributed by atoms with van der Waals surface area (Å²) in [6, 6.07) is 5.39. The molecule has 19 heavy (non-hydrogen) atoms. The van der Waals surface area contributed by atoms with Crippen LogP contribution in [0.4, 0.5) is 4.39 Å². The Hall–Kier alpha value is -0.350. The van der Waals surface area contributed by atoms with Crippen molar-refractivity contribution in [3.63, 3.8) is 0 Å². The Kier molecular flexibility index (Phi) is 6.54. The van der Waals surface area contributed by atoms with Crippen LogP contribution in [0.5, 0.6) is 0 Å². The molecule has 0 bridgehead atoms. The van der Waals surface area contributed by atoms with Crippen molar-refractivity contribution in [2.24, 2.45) is 11.7 Å². The fraction of sp³-hybridized carbons (Fsp3) is 0.571. The number of hydrogen-bond donors (Lipinski definition) is 1. The van der Waals surface area contributed by atoms with Crippen LogP contribution in [0.15, 0.2) is 18.2 Å². The van der Waals surface area contributed by atoms with Crippen LogP contribution >= 0.6 is 24.0 Å². The van der Waals surface area contributed by atoms with Gasteiger partial charge < -0.3 is 5.73 Å². The number of nitrogens with zero attached hydrogens (tertiary/aromatic N) is 1. The van der Waals surface area contributed by atoms with Crippen molar-refractivity contribution in [1.82, 2.24) is 4.90 Å². The van der Waals surface area contributed by atoms with Gasteiger partial charge in [0.25, 0.3) is 0 Å². The molecule has 1 aliphatic rings. The van der Waals surface area contributed by atoms with Gasteiger partial charge >= 0.3 is 0 Å². The van der Waals surface area contributed by atoms with Gasteiger partial charge in [-0.25, -0.2) is 4.39 Å². The van der Waals surface area contributed by atoms with Gasteiger partial charge in [0.05, 0.1) is 5.02 Å². The number of nitrogens with two attached hydrogens (primary N) is 1. The van der Waals surface area contributed by atoms with Crippen LogP contribution in [-0.4, -0.2) is 24.0 Å². The van der Waals surface area contributed by atoms with E-state index in [0.717, 1.165) is 19.5 Å². The molecule has 2 atom stereocenters. The summed E-state index contributed by atoms with van der Waals surface area (Å²) >= 11 is 5.80. The van der Waals surface area contributed by atoms with Gasteiger partial charge in [0.1, 0.15) is 5.82 Å². The summed E-state index contributed by atoms with van der Waals surface area (Å²) in [5, 5.41) is 0.202. The molecule has 0 saturated carbocycles. The smallest absolute Gasteiger partial charge is 0.146 e. The average molecular weight is 307 g/mol. The first kappa shape index (κ1) is 16.7. The van der Waals surface area contributed by atoms with Gasteiger partial charge in [0, 0.05) is 24.7 Å². The minimum Gasteiger partial charge on any atom is -0.328 e. The van der Waals surface area contributed by atoms with Crippen LogP contribution in [-0.2, 0) is 6.54 Å². The fourth-order valence-electron chi connectivity index (χ4n) is 2.58. The fourth-order valence-corrected chi connectivity index (χ4v) is 2.77. The maximum Gasteiger partial charge on any atom is 0.146 e. The summed E-state index contributed by atoms with van der Waals surface area (Å²) in [5.74, 6) is 0.225. The average Bonchev–Trinajstić information content (AvgIpc) is 2.35. The lowest BCUT2D eigenvalue weighted by Crippen LogP contribution is -2.42. The molecule has 1 saturated heterocycles. The van der Waals surface area contributed by atoms with Gasteiger partial charge in [0.2, 0.25) is 0 Å². The van der Waals surface area contributed by atoms with Gasteiger partial charge in [-0.2, -0.15) is 0 Å². The summed E-state index contributed by atoms with van der Waals surface area (Å²) in [7, 11) is 0. The lowest BCUT2D eigenvalue weighted by atomic mass is 9.92. The largest absolute Gasteiger partial charge is 0.328 e. The third-order valence-corrected chi connectivity index (χ3v) is 4.00. The molecule has 0 aliphatic carbocycles. The summed E-state index contributed by atoms with van der Waals surface area (Å²) in [5.41, 5.74) is 6.63. The number of benzene rings is 1. The normalized spacial score (nSPS) is 21.8. The van der Waals surface area contributed by atoms with E-state index < -0.39 is 0 Å². The Morgan fingerprint density at radius 2 is 2.26 bits per heavy atom. The molecule has 2 nitrogen and oxygen atoms in total. The van der Waals surface area contributed by atoms with E-state index in [4.69, 9.17) is 17.3 Å². The zero-order chi connectivity index (χ0) is 13.1. The van der Waals surface area contributed by atoms with Crippen LogP contribution in [0.25, 0.3) is 0 Å². The van der Waals surface area contributed by atoms with Crippen LogP contribution in [0.2, 0.25) is 5.02 Å². The quantitative estimate of drug-likeness (QED) is 0.926. The van der Waals surface area contributed by atoms with Crippen molar-refractivity contribution in [3.8, 4) is 0 Å². The first-order chi connectivity index (χ1) is 8.58. The minimum atomic E-state index is -0.290. The highest BCUT2D eigenvalue weighted by atomic mass is 35.5. The standard InChI is InChI=1S/C14H20ClFN2.ClH/c1-10(17)11-5-3-7-18(8-11)9-12-4-2-6-13(15)14(12)16;/h2,4,6,10-11H,3,5,7-9,17H2,1H3;1H. The van der Waals surface area contributed by atoms with Crippen molar-refractivity contribution >= 4 is 24.0 Å². The second-order valence-electron chi connectivity index (χ2n) is 5.21. The Morgan fingerprint density at radius 3 is 2.95 bits per heavy atom. The summed E-state index contributed by atoms with van der Waals surface area (Å²) in [6.07, 6.45) is 2.31. The molecule has 0 radical (unpaired) electrons. The molecule has 0 aromatic heterocycles. The molecule has 1 aliphatic heterocycles. The van der Waals surface area contributed by atoms with E-state index in [1.165, 1.54) is 6.42 Å². The third-order valence-electron chi connectivity index (χ3n) is 3.71. The van der Waals surface area contributed by atoms with Gasteiger partial charge in [-0.1, -0.05) is 23.7 Å². The monoisotopic (exact) mass is 306 g/mol. The predicted molar refractivity (Wildman–Crippen MR) is 80.3 cm³/mol. The Labute approximate surface area is 125 Å². The van der Waals surface area contributed by atoms with E-state index >= 15 is 0 Å². The minimum absolute atomic E-state index is 0. The Morgan fingerprint density at radius 1 is 1.53 bits per heavy atom.